The Bertz CT molecular complexity index is 651. The van der Waals surface area contributed by atoms with Gasteiger partial charge in [-0.1, -0.05) is 24.3 Å². The summed E-state index contributed by atoms with van der Waals surface area (Å²) >= 11 is 0. The van der Waals surface area contributed by atoms with Gasteiger partial charge in [-0.15, -0.1) is 0 Å². The Hall–Kier alpha value is -2.14. The number of amides is 1. The van der Waals surface area contributed by atoms with Crippen molar-refractivity contribution in [1.29, 1.82) is 0 Å². The quantitative estimate of drug-likeness (QED) is 0.907. The van der Waals surface area contributed by atoms with E-state index in [1.165, 1.54) is 0 Å². The van der Waals surface area contributed by atoms with Gasteiger partial charge >= 0.3 is 0 Å². The molecule has 2 aromatic rings. The second-order valence-electron chi connectivity index (χ2n) is 5.19. The van der Waals surface area contributed by atoms with E-state index < -0.39 is 0 Å². The molecule has 1 aliphatic heterocycles. The van der Waals surface area contributed by atoms with E-state index in [1.807, 2.05) is 37.4 Å². The Morgan fingerprint density at radius 3 is 2.81 bits per heavy atom. The second kappa shape index (κ2) is 6.10. The molecule has 3 rings (SSSR count). The first-order valence-corrected chi connectivity index (χ1v) is 7.24. The van der Waals surface area contributed by atoms with E-state index in [0.29, 0.717) is 18.9 Å². The molecule has 0 aliphatic carbocycles. The molecule has 2 heterocycles. The highest BCUT2D eigenvalue weighted by atomic mass is 16.5. The van der Waals surface area contributed by atoms with Crippen LogP contribution in [0.4, 0.5) is 5.82 Å². The topological polar surface area (TPSA) is 63.2 Å². The molecule has 0 unspecified atom stereocenters. The molecule has 1 saturated heterocycles. The molecule has 5 nitrogen and oxygen atoms in total. The maximum atomic E-state index is 12.4. The number of carbonyl (C=O) groups is 1. The maximum Gasteiger partial charge on any atom is 0.270 e. The Kier molecular flexibility index (Phi) is 4.01. The number of ether oxygens (including phenoxy) is 1. The molecule has 0 bridgehead atoms. The van der Waals surface area contributed by atoms with E-state index in [-0.39, 0.29) is 11.9 Å². The van der Waals surface area contributed by atoms with Gasteiger partial charge in [-0.2, -0.15) is 0 Å². The number of nitrogens with one attached hydrogen (secondary N) is 2. The van der Waals surface area contributed by atoms with E-state index in [4.69, 9.17) is 4.74 Å². The van der Waals surface area contributed by atoms with Gasteiger partial charge in [0.05, 0.1) is 0 Å². The highest BCUT2D eigenvalue weighted by Crippen LogP contribution is 2.22. The fourth-order valence-electron chi connectivity index (χ4n) is 2.61. The molecule has 0 saturated carbocycles. The first kappa shape index (κ1) is 13.8. The van der Waals surface area contributed by atoms with Gasteiger partial charge in [0.15, 0.2) is 0 Å². The van der Waals surface area contributed by atoms with Gasteiger partial charge in [0.2, 0.25) is 0 Å². The molecule has 110 valence electrons. The number of hydrogen-bond acceptors (Lipinski definition) is 4. The largest absolute Gasteiger partial charge is 0.381 e. The molecule has 0 atom stereocenters. The number of hydrogen-bond donors (Lipinski definition) is 2. The number of fused-ring (bicyclic) bond motifs is 1. The van der Waals surface area contributed by atoms with Gasteiger partial charge in [0.25, 0.3) is 5.91 Å². The van der Waals surface area contributed by atoms with Crippen LogP contribution in [0, 0.1) is 0 Å². The van der Waals surface area contributed by atoms with Crippen LogP contribution in [0.2, 0.25) is 0 Å². The van der Waals surface area contributed by atoms with E-state index in [0.717, 1.165) is 29.4 Å². The molecule has 0 spiro atoms. The van der Waals surface area contributed by atoms with Crippen LogP contribution >= 0.6 is 0 Å². The first-order chi connectivity index (χ1) is 10.3. The normalized spacial score (nSPS) is 15.9. The minimum Gasteiger partial charge on any atom is -0.381 e. The predicted molar refractivity (Wildman–Crippen MR) is 82.6 cm³/mol. The summed E-state index contributed by atoms with van der Waals surface area (Å²) in [7, 11) is 1.81. The van der Waals surface area contributed by atoms with Crippen molar-refractivity contribution in [2.75, 3.05) is 25.6 Å². The minimum atomic E-state index is -0.121. The van der Waals surface area contributed by atoms with Crippen molar-refractivity contribution < 1.29 is 9.53 Å². The third kappa shape index (κ3) is 2.97. The molecule has 2 N–H and O–H groups in total. The zero-order valence-corrected chi connectivity index (χ0v) is 12.1. The molecule has 1 amide bonds. The van der Waals surface area contributed by atoms with Gasteiger partial charge in [-0.25, -0.2) is 4.98 Å². The van der Waals surface area contributed by atoms with Crippen LogP contribution in [0.5, 0.6) is 0 Å². The van der Waals surface area contributed by atoms with Crippen LogP contribution in [0.1, 0.15) is 23.3 Å². The zero-order chi connectivity index (χ0) is 14.7. The molecular weight excluding hydrogens is 266 g/mol. The molecule has 1 aromatic heterocycles. The Morgan fingerprint density at radius 1 is 1.29 bits per heavy atom. The van der Waals surface area contributed by atoms with Gasteiger partial charge in [-0.05, 0) is 24.3 Å². The molecule has 21 heavy (non-hydrogen) atoms. The fourth-order valence-corrected chi connectivity index (χ4v) is 2.61. The van der Waals surface area contributed by atoms with Crippen LogP contribution < -0.4 is 10.6 Å². The van der Waals surface area contributed by atoms with Crippen molar-refractivity contribution >= 4 is 22.5 Å². The lowest BCUT2D eigenvalue weighted by Gasteiger charge is -2.23. The monoisotopic (exact) mass is 285 g/mol. The summed E-state index contributed by atoms with van der Waals surface area (Å²) in [5, 5.41) is 8.12. The van der Waals surface area contributed by atoms with Gasteiger partial charge in [-0.3, -0.25) is 4.79 Å². The molecule has 1 aromatic carbocycles. The predicted octanol–water partition coefficient (Wildman–Crippen LogP) is 2.19. The van der Waals surface area contributed by atoms with Crippen molar-refractivity contribution in [3.05, 3.63) is 36.0 Å². The van der Waals surface area contributed by atoms with Crippen LogP contribution in [0.25, 0.3) is 10.8 Å². The smallest absolute Gasteiger partial charge is 0.270 e. The van der Waals surface area contributed by atoms with E-state index in [1.54, 1.807) is 0 Å². The SMILES string of the molecule is CNc1nc(C(=O)NC2CCOCC2)cc2ccccc12. The summed E-state index contributed by atoms with van der Waals surface area (Å²) in [6, 6.07) is 9.93. The van der Waals surface area contributed by atoms with Crippen LogP contribution in [0.15, 0.2) is 30.3 Å². The molecule has 1 aliphatic rings. The molecule has 1 fully saturated rings. The number of carbonyl (C=O) groups excluding carboxylic acids is 1. The number of benzene rings is 1. The van der Waals surface area contributed by atoms with Crippen molar-refractivity contribution in [3.8, 4) is 0 Å². The summed E-state index contributed by atoms with van der Waals surface area (Å²) in [5.41, 5.74) is 0.449. The lowest BCUT2D eigenvalue weighted by Crippen LogP contribution is -2.39. The van der Waals surface area contributed by atoms with E-state index in [2.05, 4.69) is 15.6 Å². The summed E-state index contributed by atoms with van der Waals surface area (Å²) in [4.78, 5) is 16.8. The first-order valence-electron chi connectivity index (χ1n) is 7.24. The number of nitrogens with zero attached hydrogens (tertiary/aromatic N) is 1. The van der Waals surface area contributed by atoms with Crippen molar-refractivity contribution in [2.45, 2.75) is 18.9 Å². The van der Waals surface area contributed by atoms with E-state index >= 15 is 0 Å². The highest BCUT2D eigenvalue weighted by Gasteiger charge is 2.18. The summed E-state index contributed by atoms with van der Waals surface area (Å²) < 4.78 is 5.30. The van der Waals surface area contributed by atoms with Gasteiger partial charge in [0, 0.05) is 31.7 Å². The summed E-state index contributed by atoms with van der Waals surface area (Å²) in [5.74, 6) is 0.606. The number of rotatable bonds is 3. The van der Waals surface area contributed by atoms with E-state index in [9.17, 15) is 4.79 Å². The number of aromatic nitrogens is 1. The highest BCUT2D eigenvalue weighted by molar-refractivity contribution is 6.00. The number of pyridine rings is 1. The summed E-state index contributed by atoms with van der Waals surface area (Å²) in [6.07, 6.45) is 1.72. The fraction of sp³-hybridized carbons (Fsp3) is 0.375. The van der Waals surface area contributed by atoms with Crippen molar-refractivity contribution in [3.63, 3.8) is 0 Å². The van der Waals surface area contributed by atoms with Crippen LogP contribution in [-0.4, -0.2) is 37.2 Å². The average Bonchev–Trinajstić information content (AvgIpc) is 2.54. The maximum absolute atomic E-state index is 12.4. The third-order valence-corrected chi connectivity index (χ3v) is 3.77. The molecule has 0 radical (unpaired) electrons. The van der Waals surface area contributed by atoms with Gasteiger partial charge in [0.1, 0.15) is 11.5 Å². The molecular formula is C16H19N3O2. The van der Waals surface area contributed by atoms with Gasteiger partial charge < -0.3 is 15.4 Å². The lowest BCUT2D eigenvalue weighted by atomic mass is 10.1. The minimum absolute atomic E-state index is 0.121. The zero-order valence-electron chi connectivity index (χ0n) is 12.1. The molecule has 5 heteroatoms. The second-order valence-corrected chi connectivity index (χ2v) is 5.19. The summed E-state index contributed by atoms with van der Waals surface area (Å²) in [6.45, 7) is 1.41. The Labute approximate surface area is 123 Å². The average molecular weight is 285 g/mol. The lowest BCUT2D eigenvalue weighted by molar-refractivity contribution is 0.0694. The number of anilines is 1. The Morgan fingerprint density at radius 2 is 2.05 bits per heavy atom. The van der Waals surface area contributed by atoms with Crippen LogP contribution in [-0.2, 0) is 4.74 Å². The van der Waals surface area contributed by atoms with Crippen LogP contribution in [0.3, 0.4) is 0 Å². The standard InChI is InChI=1S/C16H19N3O2/c1-17-15-13-5-3-2-4-11(13)10-14(19-15)16(20)18-12-6-8-21-9-7-12/h2-5,10,12H,6-9H2,1H3,(H,17,19)(H,18,20). The Balaban J connectivity index is 1.87. The van der Waals surface area contributed by atoms with Crippen molar-refractivity contribution in [1.82, 2.24) is 10.3 Å². The van der Waals surface area contributed by atoms with Crippen molar-refractivity contribution in [2.24, 2.45) is 0 Å². The third-order valence-electron chi connectivity index (χ3n) is 3.77.